The van der Waals surface area contributed by atoms with Crippen molar-refractivity contribution < 1.29 is 9.59 Å². The number of amides is 2. The second kappa shape index (κ2) is 8.37. The van der Waals surface area contributed by atoms with E-state index in [1.54, 1.807) is 6.08 Å². The van der Waals surface area contributed by atoms with Crippen molar-refractivity contribution in [2.75, 3.05) is 19.6 Å². The third-order valence-corrected chi connectivity index (χ3v) is 3.95. The molecule has 0 aliphatic carbocycles. The Morgan fingerprint density at radius 2 is 1.82 bits per heavy atom. The lowest BCUT2D eigenvalue weighted by Gasteiger charge is -2.26. The molecule has 0 bridgehead atoms. The molecule has 1 N–H and O–H groups in total. The number of rotatable bonds is 5. The fraction of sp³-hybridized carbons (Fsp3) is 0.444. The zero-order valence-electron chi connectivity index (χ0n) is 13.2. The Morgan fingerprint density at radius 3 is 2.45 bits per heavy atom. The SMILES string of the molecule is CC/C(=C\C(=O)NCC(=O)N1CCCCC1)c1ccccc1. The molecule has 1 saturated heterocycles. The Balaban J connectivity index is 1.88. The molecule has 1 heterocycles. The fourth-order valence-electron chi connectivity index (χ4n) is 2.67. The second-order valence-corrected chi connectivity index (χ2v) is 5.55. The van der Waals surface area contributed by atoms with Gasteiger partial charge in [-0.1, -0.05) is 37.3 Å². The minimum absolute atomic E-state index is 0.0132. The largest absolute Gasteiger partial charge is 0.343 e. The standard InChI is InChI=1S/C18H24N2O2/c1-2-15(16-9-5-3-6-10-16)13-17(21)19-14-18(22)20-11-7-4-8-12-20/h3,5-6,9-10,13H,2,4,7-8,11-12,14H2,1H3,(H,19,21)/b15-13+. The smallest absolute Gasteiger partial charge is 0.244 e. The van der Waals surface area contributed by atoms with Crippen LogP contribution in [-0.4, -0.2) is 36.3 Å². The number of carbonyl (C=O) groups excluding carboxylic acids is 2. The number of benzene rings is 1. The van der Waals surface area contributed by atoms with Gasteiger partial charge in [-0.2, -0.15) is 0 Å². The van der Waals surface area contributed by atoms with Crippen LogP contribution in [-0.2, 0) is 9.59 Å². The monoisotopic (exact) mass is 300 g/mol. The highest BCUT2D eigenvalue weighted by Gasteiger charge is 2.16. The van der Waals surface area contributed by atoms with Gasteiger partial charge in [-0.05, 0) is 36.8 Å². The van der Waals surface area contributed by atoms with Gasteiger partial charge in [-0.15, -0.1) is 0 Å². The first-order valence-corrected chi connectivity index (χ1v) is 8.02. The summed E-state index contributed by atoms with van der Waals surface area (Å²) in [6, 6.07) is 9.84. The lowest BCUT2D eigenvalue weighted by molar-refractivity contribution is -0.132. The number of hydrogen-bond donors (Lipinski definition) is 1. The van der Waals surface area contributed by atoms with E-state index in [0.717, 1.165) is 43.5 Å². The van der Waals surface area contributed by atoms with Crippen LogP contribution >= 0.6 is 0 Å². The maximum absolute atomic E-state index is 12.0. The molecule has 1 aromatic carbocycles. The highest BCUT2D eigenvalue weighted by atomic mass is 16.2. The van der Waals surface area contributed by atoms with Crippen molar-refractivity contribution in [2.24, 2.45) is 0 Å². The summed E-state index contributed by atoms with van der Waals surface area (Å²) < 4.78 is 0. The van der Waals surface area contributed by atoms with Gasteiger partial charge < -0.3 is 10.2 Å². The number of hydrogen-bond acceptors (Lipinski definition) is 2. The normalized spacial score (nSPS) is 15.5. The van der Waals surface area contributed by atoms with Gasteiger partial charge in [0.1, 0.15) is 0 Å². The zero-order valence-corrected chi connectivity index (χ0v) is 13.2. The molecule has 0 saturated carbocycles. The van der Waals surface area contributed by atoms with Crippen molar-refractivity contribution in [2.45, 2.75) is 32.6 Å². The van der Waals surface area contributed by atoms with E-state index >= 15 is 0 Å². The molecule has 4 heteroatoms. The summed E-state index contributed by atoms with van der Waals surface area (Å²) in [4.78, 5) is 25.9. The van der Waals surface area contributed by atoms with Gasteiger partial charge in [0, 0.05) is 19.2 Å². The Hall–Kier alpha value is -2.10. The lowest BCUT2D eigenvalue weighted by atomic mass is 10.0. The van der Waals surface area contributed by atoms with Crippen LogP contribution in [0.25, 0.3) is 5.57 Å². The summed E-state index contributed by atoms with van der Waals surface area (Å²) in [6.07, 6.45) is 5.69. The summed E-state index contributed by atoms with van der Waals surface area (Å²) in [5.74, 6) is -0.190. The summed E-state index contributed by atoms with van der Waals surface area (Å²) in [5, 5.41) is 2.71. The molecule has 2 rings (SSSR count). The Bertz CT molecular complexity index is 531. The molecule has 0 atom stereocenters. The van der Waals surface area contributed by atoms with E-state index in [2.05, 4.69) is 5.32 Å². The van der Waals surface area contributed by atoms with Crippen molar-refractivity contribution in [1.82, 2.24) is 10.2 Å². The molecule has 0 unspecified atom stereocenters. The molecule has 1 fully saturated rings. The number of allylic oxidation sites excluding steroid dienone is 1. The number of nitrogens with one attached hydrogen (secondary N) is 1. The first kappa shape index (κ1) is 16.3. The van der Waals surface area contributed by atoms with E-state index in [-0.39, 0.29) is 18.4 Å². The molecular formula is C18H24N2O2. The van der Waals surface area contributed by atoms with Crippen LogP contribution in [0.15, 0.2) is 36.4 Å². The minimum atomic E-state index is -0.203. The third kappa shape index (κ3) is 4.72. The summed E-state index contributed by atoms with van der Waals surface area (Å²) in [6.45, 7) is 3.73. The third-order valence-electron chi connectivity index (χ3n) is 3.95. The Morgan fingerprint density at radius 1 is 1.14 bits per heavy atom. The quantitative estimate of drug-likeness (QED) is 0.850. The molecule has 22 heavy (non-hydrogen) atoms. The number of piperidine rings is 1. The van der Waals surface area contributed by atoms with Gasteiger partial charge in [0.2, 0.25) is 11.8 Å². The number of nitrogens with zero attached hydrogens (tertiary/aromatic N) is 1. The zero-order chi connectivity index (χ0) is 15.8. The van der Waals surface area contributed by atoms with E-state index in [1.165, 1.54) is 6.42 Å². The van der Waals surface area contributed by atoms with Crippen molar-refractivity contribution in [3.05, 3.63) is 42.0 Å². The van der Waals surface area contributed by atoms with Gasteiger partial charge in [0.25, 0.3) is 0 Å². The number of likely N-dealkylation sites (tertiary alicyclic amines) is 1. The molecule has 0 aromatic heterocycles. The second-order valence-electron chi connectivity index (χ2n) is 5.55. The van der Waals surface area contributed by atoms with E-state index in [1.807, 2.05) is 42.2 Å². The summed E-state index contributed by atoms with van der Waals surface area (Å²) in [5.41, 5.74) is 2.02. The first-order valence-electron chi connectivity index (χ1n) is 8.02. The molecule has 118 valence electrons. The highest BCUT2D eigenvalue weighted by molar-refractivity contribution is 5.97. The van der Waals surface area contributed by atoms with Crippen LogP contribution < -0.4 is 5.32 Å². The fourth-order valence-corrected chi connectivity index (χ4v) is 2.67. The predicted octanol–water partition coefficient (Wildman–Crippen LogP) is 2.61. The molecule has 2 amide bonds. The van der Waals surface area contributed by atoms with Gasteiger partial charge in [0.05, 0.1) is 6.54 Å². The van der Waals surface area contributed by atoms with Crippen LogP contribution in [0, 0.1) is 0 Å². The van der Waals surface area contributed by atoms with E-state index in [9.17, 15) is 9.59 Å². The Kier molecular flexibility index (Phi) is 6.19. The highest BCUT2D eigenvalue weighted by Crippen LogP contribution is 2.17. The van der Waals surface area contributed by atoms with Crippen LogP contribution in [0.5, 0.6) is 0 Å². The average Bonchev–Trinajstić information content (AvgIpc) is 2.59. The molecule has 1 aromatic rings. The van der Waals surface area contributed by atoms with E-state index in [4.69, 9.17) is 0 Å². The molecular weight excluding hydrogens is 276 g/mol. The predicted molar refractivity (Wildman–Crippen MR) is 88.2 cm³/mol. The van der Waals surface area contributed by atoms with Crippen molar-refractivity contribution in [3.8, 4) is 0 Å². The Labute approximate surface area is 132 Å². The van der Waals surface area contributed by atoms with Crippen LogP contribution in [0.4, 0.5) is 0 Å². The van der Waals surface area contributed by atoms with E-state index < -0.39 is 0 Å². The van der Waals surface area contributed by atoms with Gasteiger partial charge >= 0.3 is 0 Å². The molecule has 1 aliphatic rings. The molecule has 0 spiro atoms. The van der Waals surface area contributed by atoms with Crippen LogP contribution in [0.1, 0.15) is 38.2 Å². The first-order chi connectivity index (χ1) is 10.7. The minimum Gasteiger partial charge on any atom is -0.343 e. The van der Waals surface area contributed by atoms with Crippen molar-refractivity contribution in [3.63, 3.8) is 0 Å². The molecule has 4 nitrogen and oxygen atoms in total. The maximum Gasteiger partial charge on any atom is 0.244 e. The van der Waals surface area contributed by atoms with Crippen molar-refractivity contribution in [1.29, 1.82) is 0 Å². The van der Waals surface area contributed by atoms with Gasteiger partial charge in [-0.25, -0.2) is 0 Å². The van der Waals surface area contributed by atoms with Gasteiger partial charge in [0.15, 0.2) is 0 Å². The summed E-state index contributed by atoms with van der Waals surface area (Å²) >= 11 is 0. The molecule has 1 aliphatic heterocycles. The summed E-state index contributed by atoms with van der Waals surface area (Å²) in [7, 11) is 0. The topological polar surface area (TPSA) is 49.4 Å². The van der Waals surface area contributed by atoms with E-state index in [0.29, 0.717) is 0 Å². The number of carbonyl (C=O) groups is 2. The maximum atomic E-state index is 12.0. The van der Waals surface area contributed by atoms with Crippen LogP contribution in [0.2, 0.25) is 0 Å². The van der Waals surface area contributed by atoms with Crippen LogP contribution in [0.3, 0.4) is 0 Å². The van der Waals surface area contributed by atoms with Gasteiger partial charge in [-0.3, -0.25) is 9.59 Å². The average molecular weight is 300 g/mol. The lowest BCUT2D eigenvalue weighted by Crippen LogP contribution is -2.42. The molecule has 0 radical (unpaired) electrons. The van der Waals surface area contributed by atoms with Crippen molar-refractivity contribution >= 4 is 17.4 Å².